The number of rotatable bonds is 7. The van der Waals surface area contributed by atoms with Crippen molar-refractivity contribution in [1.82, 2.24) is 15.0 Å². The lowest BCUT2D eigenvalue weighted by molar-refractivity contribution is 0.0305. The van der Waals surface area contributed by atoms with Gasteiger partial charge in [-0.15, -0.1) is 0 Å². The lowest BCUT2D eigenvalue weighted by Gasteiger charge is -2.31. The summed E-state index contributed by atoms with van der Waals surface area (Å²) < 4.78 is 10.8. The van der Waals surface area contributed by atoms with E-state index in [-0.39, 0.29) is 11.9 Å². The van der Waals surface area contributed by atoms with Crippen LogP contribution in [-0.4, -0.2) is 53.2 Å². The molecule has 0 radical (unpaired) electrons. The zero-order valence-electron chi connectivity index (χ0n) is 16.4. The Labute approximate surface area is 161 Å². The van der Waals surface area contributed by atoms with Gasteiger partial charge >= 0.3 is 0 Å². The lowest BCUT2D eigenvalue weighted by Crippen LogP contribution is -2.41. The van der Waals surface area contributed by atoms with Crippen LogP contribution in [0, 0.1) is 5.92 Å². The summed E-state index contributed by atoms with van der Waals surface area (Å²) in [6.07, 6.45) is 0. The van der Waals surface area contributed by atoms with E-state index in [4.69, 9.17) is 9.26 Å². The summed E-state index contributed by atoms with van der Waals surface area (Å²) in [6.45, 7) is 10.8. The molecule has 1 aliphatic heterocycles. The normalized spacial score (nSPS) is 16.4. The van der Waals surface area contributed by atoms with Crippen LogP contribution in [0.3, 0.4) is 0 Å². The average Bonchev–Trinajstić information content (AvgIpc) is 3.15. The van der Waals surface area contributed by atoms with Crippen LogP contribution in [0.1, 0.15) is 42.6 Å². The molecule has 2 heterocycles. The second-order valence-electron chi connectivity index (χ2n) is 7.47. The highest BCUT2D eigenvalue weighted by atomic mass is 16.5. The highest BCUT2D eigenvalue weighted by molar-refractivity contribution is 5.92. The molecule has 1 aliphatic rings. The standard InChI is InChI=1S/C21H29N3O3/c1-16(2)17(3)24(14-18-7-5-4-6-8-18)21(25)20-13-19(27-22-20)15-23-9-11-26-12-10-23/h4-8,13,16-17H,9-12,14-15H2,1-3H3/t17-/m1/s1. The molecule has 6 nitrogen and oxygen atoms in total. The summed E-state index contributed by atoms with van der Waals surface area (Å²) in [5.74, 6) is 0.978. The minimum atomic E-state index is -0.0861. The molecule has 0 saturated carbocycles. The Bertz CT molecular complexity index is 723. The van der Waals surface area contributed by atoms with Crippen LogP contribution in [-0.2, 0) is 17.8 Å². The highest BCUT2D eigenvalue weighted by Crippen LogP contribution is 2.19. The first-order chi connectivity index (χ1) is 13.0. The first-order valence-corrected chi connectivity index (χ1v) is 9.65. The Kier molecular flexibility index (Phi) is 6.63. The summed E-state index contributed by atoms with van der Waals surface area (Å²) in [5, 5.41) is 4.06. The monoisotopic (exact) mass is 371 g/mol. The first kappa shape index (κ1) is 19.6. The average molecular weight is 371 g/mol. The molecule has 3 rings (SSSR count). The number of nitrogens with zero attached hydrogens (tertiary/aromatic N) is 3. The van der Waals surface area contributed by atoms with E-state index in [1.54, 1.807) is 6.07 Å². The van der Waals surface area contributed by atoms with Gasteiger partial charge in [-0.1, -0.05) is 49.3 Å². The molecule has 0 aliphatic carbocycles. The molecule has 1 atom stereocenters. The maximum atomic E-state index is 13.2. The number of hydrogen-bond acceptors (Lipinski definition) is 5. The zero-order chi connectivity index (χ0) is 19.2. The number of morpholine rings is 1. The maximum absolute atomic E-state index is 13.2. The van der Waals surface area contributed by atoms with Crippen molar-refractivity contribution in [2.75, 3.05) is 26.3 Å². The van der Waals surface area contributed by atoms with Gasteiger partial charge in [0.25, 0.3) is 5.91 Å². The topological polar surface area (TPSA) is 58.8 Å². The summed E-state index contributed by atoms with van der Waals surface area (Å²) in [4.78, 5) is 17.3. The van der Waals surface area contributed by atoms with Crippen LogP contribution in [0.4, 0.5) is 0 Å². The number of carbonyl (C=O) groups excluding carboxylic acids is 1. The molecule has 27 heavy (non-hydrogen) atoms. The number of ether oxygens (including phenoxy) is 1. The summed E-state index contributed by atoms with van der Waals surface area (Å²) in [7, 11) is 0. The number of carbonyl (C=O) groups is 1. The number of benzene rings is 1. The van der Waals surface area contributed by atoms with Gasteiger partial charge in [0.05, 0.1) is 19.8 Å². The molecule has 2 aromatic rings. The van der Waals surface area contributed by atoms with Gasteiger partial charge < -0.3 is 14.2 Å². The maximum Gasteiger partial charge on any atom is 0.276 e. The van der Waals surface area contributed by atoms with Crippen molar-refractivity contribution >= 4 is 5.91 Å². The summed E-state index contributed by atoms with van der Waals surface area (Å²) in [6, 6.07) is 11.9. The van der Waals surface area contributed by atoms with Crippen LogP contribution in [0.15, 0.2) is 40.9 Å². The van der Waals surface area contributed by atoms with E-state index in [9.17, 15) is 4.79 Å². The number of amides is 1. The van der Waals surface area contributed by atoms with E-state index in [0.717, 1.165) is 37.6 Å². The van der Waals surface area contributed by atoms with Gasteiger partial charge in [-0.25, -0.2) is 0 Å². The molecule has 1 aromatic heterocycles. The van der Waals surface area contributed by atoms with E-state index in [1.807, 2.05) is 35.2 Å². The lowest BCUT2D eigenvalue weighted by atomic mass is 10.0. The third-order valence-corrected chi connectivity index (χ3v) is 5.17. The fraction of sp³-hybridized carbons (Fsp3) is 0.524. The van der Waals surface area contributed by atoms with Crippen molar-refractivity contribution in [3.63, 3.8) is 0 Å². The van der Waals surface area contributed by atoms with Gasteiger partial charge in [-0.2, -0.15) is 0 Å². The Balaban J connectivity index is 1.73. The van der Waals surface area contributed by atoms with E-state index >= 15 is 0 Å². The molecule has 1 amide bonds. The zero-order valence-corrected chi connectivity index (χ0v) is 16.4. The minimum absolute atomic E-state index is 0.0861. The fourth-order valence-corrected chi connectivity index (χ4v) is 3.16. The number of hydrogen-bond donors (Lipinski definition) is 0. The van der Waals surface area contributed by atoms with Crippen molar-refractivity contribution in [2.24, 2.45) is 5.92 Å². The predicted octanol–water partition coefficient (Wildman–Crippen LogP) is 3.19. The third-order valence-electron chi connectivity index (χ3n) is 5.17. The molecule has 0 bridgehead atoms. The molecule has 1 saturated heterocycles. The highest BCUT2D eigenvalue weighted by Gasteiger charge is 2.27. The molecule has 0 N–H and O–H groups in total. The van der Waals surface area contributed by atoms with Gasteiger partial charge in [-0.3, -0.25) is 9.69 Å². The van der Waals surface area contributed by atoms with E-state index in [0.29, 0.717) is 24.7 Å². The smallest absolute Gasteiger partial charge is 0.276 e. The Hall–Kier alpha value is -2.18. The third kappa shape index (κ3) is 5.17. The van der Waals surface area contributed by atoms with Crippen molar-refractivity contribution in [3.8, 4) is 0 Å². The van der Waals surface area contributed by atoms with Crippen LogP contribution < -0.4 is 0 Å². The van der Waals surface area contributed by atoms with Gasteiger partial charge in [0.1, 0.15) is 0 Å². The van der Waals surface area contributed by atoms with Crippen molar-refractivity contribution in [1.29, 1.82) is 0 Å². The second-order valence-corrected chi connectivity index (χ2v) is 7.47. The van der Waals surface area contributed by atoms with Gasteiger partial charge in [0.15, 0.2) is 11.5 Å². The van der Waals surface area contributed by atoms with Crippen molar-refractivity contribution < 1.29 is 14.1 Å². The summed E-state index contributed by atoms with van der Waals surface area (Å²) in [5.41, 5.74) is 1.48. The second kappa shape index (κ2) is 9.15. The van der Waals surface area contributed by atoms with Crippen LogP contribution >= 0.6 is 0 Å². The van der Waals surface area contributed by atoms with Gasteiger partial charge in [-0.05, 0) is 18.4 Å². The summed E-state index contributed by atoms with van der Waals surface area (Å²) >= 11 is 0. The molecule has 0 unspecified atom stereocenters. The van der Waals surface area contributed by atoms with Crippen LogP contribution in [0.5, 0.6) is 0 Å². The van der Waals surface area contributed by atoms with E-state index in [1.165, 1.54) is 0 Å². The minimum Gasteiger partial charge on any atom is -0.379 e. The molecular formula is C21H29N3O3. The van der Waals surface area contributed by atoms with Gasteiger partial charge in [0.2, 0.25) is 0 Å². The molecule has 1 fully saturated rings. The predicted molar refractivity (Wildman–Crippen MR) is 103 cm³/mol. The molecule has 1 aromatic carbocycles. The molecule has 146 valence electrons. The van der Waals surface area contributed by atoms with Crippen LogP contribution in [0.2, 0.25) is 0 Å². The Morgan fingerprint density at radius 1 is 1.19 bits per heavy atom. The molecule has 0 spiro atoms. The van der Waals surface area contributed by atoms with Crippen LogP contribution in [0.25, 0.3) is 0 Å². The van der Waals surface area contributed by atoms with Crippen molar-refractivity contribution in [3.05, 3.63) is 53.4 Å². The van der Waals surface area contributed by atoms with E-state index < -0.39 is 0 Å². The van der Waals surface area contributed by atoms with Gasteiger partial charge in [0, 0.05) is 31.7 Å². The largest absolute Gasteiger partial charge is 0.379 e. The first-order valence-electron chi connectivity index (χ1n) is 9.65. The SMILES string of the molecule is CC(C)[C@@H](C)N(Cc1ccccc1)C(=O)c1cc(CN2CCOCC2)on1. The number of aromatic nitrogens is 1. The molecular weight excluding hydrogens is 342 g/mol. The fourth-order valence-electron chi connectivity index (χ4n) is 3.16. The Morgan fingerprint density at radius 3 is 2.56 bits per heavy atom. The quantitative estimate of drug-likeness (QED) is 0.748. The Morgan fingerprint density at radius 2 is 1.89 bits per heavy atom. The van der Waals surface area contributed by atoms with Crippen molar-refractivity contribution in [2.45, 2.75) is 39.9 Å². The molecule has 6 heteroatoms. The van der Waals surface area contributed by atoms with E-state index in [2.05, 4.69) is 30.8 Å².